The number of phosphoric ester groups is 1. The minimum atomic E-state index is -5.15. The summed E-state index contributed by atoms with van der Waals surface area (Å²) >= 11 is 0. The van der Waals surface area contributed by atoms with Gasteiger partial charge in [0.2, 0.25) is 0 Å². The number of esters is 2. The zero-order chi connectivity index (χ0) is 48.7. The van der Waals surface area contributed by atoms with Crippen molar-refractivity contribution in [2.75, 3.05) is 13.2 Å². The first kappa shape index (κ1) is 61.3. The molecule has 0 bridgehead atoms. The lowest BCUT2D eigenvalue weighted by atomic mass is 9.85. The molecule has 1 saturated carbocycles. The Morgan fingerprint density at radius 1 is 0.530 bits per heavy atom. The van der Waals surface area contributed by atoms with Crippen LogP contribution in [0.2, 0.25) is 0 Å². The van der Waals surface area contributed by atoms with E-state index in [1.54, 1.807) is 0 Å². The van der Waals surface area contributed by atoms with Gasteiger partial charge < -0.3 is 45.0 Å². The summed E-state index contributed by atoms with van der Waals surface area (Å²) in [6.07, 6.45) is 34.4. The molecule has 0 aromatic rings. The number of hydrogen-bond donors (Lipinski definition) is 7. The summed E-state index contributed by atoms with van der Waals surface area (Å²) in [4.78, 5) is 35.8. The predicted octanol–water partition coefficient (Wildman–Crippen LogP) is 9.25. The molecule has 4 unspecified atom stereocenters. The normalized spacial score (nSPS) is 22.4. The van der Waals surface area contributed by atoms with Gasteiger partial charge in [0.05, 0.1) is 12.7 Å². The molecule has 0 radical (unpaired) electrons. The number of aliphatic hydroxyl groups excluding tert-OH is 6. The first-order valence-corrected chi connectivity index (χ1v) is 26.3. The van der Waals surface area contributed by atoms with Gasteiger partial charge in [-0.15, -0.1) is 0 Å². The van der Waals surface area contributed by atoms with Crippen LogP contribution >= 0.6 is 7.82 Å². The van der Waals surface area contributed by atoms with Crippen molar-refractivity contribution < 1.29 is 68.2 Å². The average Bonchev–Trinajstić information content (AvgIpc) is 3.29. The van der Waals surface area contributed by atoms with Crippen LogP contribution in [0.1, 0.15) is 174 Å². The lowest BCUT2D eigenvalue weighted by molar-refractivity contribution is -0.220. The van der Waals surface area contributed by atoms with Crippen LogP contribution < -0.4 is 0 Å². The third-order valence-electron chi connectivity index (χ3n) is 11.1. The van der Waals surface area contributed by atoms with Crippen LogP contribution in [0.4, 0.5) is 0 Å². The van der Waals surface area contributed by atoms with Crippen molar-refractivity contribution in [2.24, 2.45) is 0 Å². The molecule has 0 heterocycles. The number of hydrogen-bond acceptors (Lipinski definition) is 13. The standard InChI is InChI=1S/C51H87O14P/c1-3-5-6-7-8-9-10-11-12-13-14-15-16-19-23-26-29-32-35-39-45(54)64-43(41-63-66(60,61)65-51-49(58)47(56)46(55)48(57)50(51)59)40-62-44(53)38-34-31-28-25-22-20-17-18-21-24-27-30-33-37-42(52)36-4-2/h8-9,11-12,17,20-21,24-25,28,30,33,42-43,46-52,55-59H,3-7,10,13-16,18-19,22-23,26-27,29,31-32,34-41H2,1-2H3,(H,60,61)/b9-8-,12-11-,20-17-,24-21-,28-25-,33-30-/t42?,43-,46?,47-,48+,49-,50-,51?/m1/s1. The van der Waals surface area contributed by atoms with Gasteiger partial charge in [0.25, 0.3) is 0 Å². The van der Waals surface area contributed by atoms with Crippen molar-refractivity contribution in [1.29, 1.82) is 0 Å². The molecule has 0 aromatic heterocycles. The summed E-state index contributed by atoms with van der Waals surface area (Å²) in [5.41, 5.74) is 0. The number of unbranched alkanes of at least 4 members (excludes halogenated alkanes) is 13. The van der Waals surface area contributed by atoms with Crippen molar-refractivity contribution in [3.05, 3.63) is 72.9 Å². The fourth-order valence-corrected chi connectivity index (χ4v) is 8.06. The Labute approximate surface area is 396 Å². The second-order valence-corrected chi connectivity index (χ2v) is 18.5. The van der Waals surface area contributed by atoms with Crippen LogP contribution in [-0.2, 0) is 32.7 Å². The van der Waals surface area contributed by atoms with Crippen molar-refractivity contribution in [1.82, 2.24) is 0 Å². The highest BCUT2D eigenvalue weighted by molar-refractivity contribution is 7.47. The molecule has 0 aliphatic heterocycles. The molecule has 1 fully saturated rings. The largest absolute Gasteiger partial charge is 0.472 e. The van der Waals surface area contributed by atoms with Gasteiger partial charge in [-0.05, 0) is 83.5 Å². The molecule has 7 N–H and O–H groups in total. The van der Waals surface area contributed by atoms with Gasteiger partial charge in [-0.25, -0.2) is 4.57 Å². The summed E-state index contributed by atoms with van der Waals surface area (Å²) in [5, 5.41) is 60.0. The number of allylic oxidation sites excluding steroid dienone is 11. The molecule has 9 atom stereocenters. The van der Waals surface area contributed by atoms with Crippen LogP contribution in [-0.4, -0.2) is 110 Å². The van der Waals surface area contributed by atoms with Crippen LogP contribution in [0.15, 0.2) is 72.9 Å². The molecule has 0 saturated heterocycles. The van der Waals surface area contributed by atoms with E-state index in [0.717, 1.165) is 70.6 Å². The van der Waals surface area contributed by atoms with Gasteiger partial charge in [0, 0.05) is 12.8 Å². The molecule has 66 heavy (non-hydrogen) atoms. The Kier molecular flexibility index (Phi) is 37.3. The smallest absolute Gasteiger partial charge is 0.462 e. The van der Waals surface area contributed by atoms with Gasteiger partial charge in [-0.3, -0.25) is 18.6 Å². The SMILES string of the molecule is CCCCC/C=C\C/C=C\CCCCCCCCCCCC(=O)O[C@H](COC(=O)CCC/C=C\C/C=C\C/C=C\C/C=C\CC(O)CCC)COP(=O)(O)OC1[C@H](O)[C@H](O)C(O)[C@H](O)[C@H]1O. The van der Waals surface area contributed by atoms with E-state index in [2.05, 4.69) is 68.5 Å². The van der Waals surface area contributed by atoms with E-state index in [4.69, 9.17) is 18.5 Å². The number of ether oxygens (including phenoxy) is 2. The molecule has 1 rings (SSSR count). The number of aliphatic hydroxyl groups is 6. The maximum Gasteiger partial charge on any atom is 0.472 e. The fraction of sp³-hybridized carbons (Fsp3) is 0.725. The summed E-state index contributed by atoms with van der Waals surface area (Å²) in [6, 6.07) is 0. The van der Waals surface area contributed by atoms with Gasteiger partial charge in [0.1, 0.15) is 43.2 Å². The molecule has 0 amide bonds. The molecule has 1 aliphatic carbocycles. The van der Waals surface area contributed by atoms with E-state index in [1.807, 2.05) is 18.2 Å². The molecular formula is C51H87O14P. The maximum absolute atomic E-state index is 12.8. The first-order valence-electron chi connectivity index (χ1n) is 24.8. The summed E-state index contributed by atoms with van der Waals surface area (Å²) in [5.74, 6) is -1.19. The molecule has 0 aromatic carbocycles. The first-order chi connectivity index (χ1) is 31.8. The lowest BCUT2D eigenvalue weighted by Gasteiger charge is -2.41. The Balaban J connectivity index is 2.47. The second kappa shape index (κ2) is 40.2. The number of phosphoric acid groups is 1. The van der Waals surface area contributed by atoms with Crippen molar-refractivity contribution in [3.63, 3.8) is 0 Å². The van der Waals surface area contributed by atoms with Gasteiger partial charge in [-0.2, -0.15) is 0 Å². The van der Waals surface area contributed by atoms with E-state index in [9.17, 15) is 49.7 Å². The van der Waals surface area contributed by atoms with Crippen LogP contribution in [0.25, 0.3) is 0 Å². The molecular weight excluding hydrogens is 868 g/mol. The van der Waals surface area contributed by atoms with Gasteiger partial charge in [0.15, 0.2) is 6.10 Å². The fourth-order valence-electron chi connectivity index (χ4n) is 7.09. The minimum Gasteiger partial charge on any atom is -0.462 e. The van der Waals surface area contributed by atoms with Crippen molar-refractivity contribution in [2.45, 2.75) is 223 Å². The predicted molar refractivity (Wildman–Crippen MR) is 259 cm³/mol. The van der Waals surface area contributed by atoms with Crippen LogP contribution in [0, 0.1) is 0 Å². The minimum absolute atomic E-state index is 0.0694. The van der Waals surface area contributed by atoms with Crippen molar-refractivity contribution >= 4 is 19.8 Å². The van der Waals surface area contributed by atoms with E-state index in [-0.39, 0.29) is 18.9 Å². The Morgan fingerprint density at radius 3 is 1.50 bits per heavy atom. The Bertz CT molecular complexity index is 1450. The number of rotatable bonds is 40. The van der Waals surface area contributed by atoms with Gasteiger partial charge >= 0.3 is 19.8 Å². The highest BCUT2D eigenvalue weighted by Crippen LogP contribution is 2.47. The molecule has 0 spiro atoms. The summed E-state index contributed by atoms with van der Waals surface area (Å²) in [7, 11) is -5.15. The zero-order valence-electron chi connectivity index (χ0n) is 40.1. The molecule has 14 nitrogen and oxygen atoms in total. The third-order valence-corrected chi connectivity index (χ3v) is 12.1. The molecule has 380 valence electrons. The van der Waals surface area contributed by atoms with E-state index < -0.39 is 75.7 Å². The highest BCUT2D eigenvalue weighted by Gasteiger charge is 2.51. The van der Waals surface area contributed by atoms with Crippen molar-refractivity contribution in [3.8, 4) is 0 Å². The van der Waals surface area contributed by atoms with Crippen LogP contribution in [0.3, 0.4) is 0 Å². The van der Waals surface area contributed by atoms with Crippen LogP contribution in [0.5, 0.6) is 0 Å². The zero-order valence-corrected chi connectivity index (χ0v) is 41.0. The lowest BCUT2D eigenvalue weighted by Crippen LogP contribution is -2.64. The summed E-state index contributed by atoms with van der Waals surface area (Å²) in [6.45, 7) is 3.03. The van der Waals surface area contributed by atoms with E-state index in [1.165, 1.54) is 51.4 Å². The summed E-state index contributed by atoms with van der Waals surface area (Å²) < 4.78 is 33.5. The molecule has 15 heteroatoms. The monoisotopic (exact) mass is 955 g/mol. The number of carbonyl (C=O) groups excluding carboxylic acids is 2. The van der Waals surface area contributed by atoms with E-state index >= 15 is 0 Å². The average molecular weight is 955 g/mol. The Morgan fingerprint density at radius 2 is 0.970 bits per heavy atom. The quantitative estimate of drug-likeness (QED) is 0.0131. The third kappa shape index (κ3) is 32.1. The highest BCUT2D eigenvalue weighted by atomic mass is 31.2. The van der Waals surface area contributed by atoms with E-state index in [0.29, 0.717) is 25.7 Å². The topological polar surface area (TPSA) is 230 Å². The maximum atomic E-state index is 12.8. The second-order valence-electron chi connectivity index (χ2n) is 17.1. The van der Waals surface area contributed by atoms with Gasteiger partial charge in [-0.1, -0.05) is 151 Å². The Hall–Kier alpha value is -2.75. The molecule has 1 aliphatic rings. The number of carbonyl (C=O) groups is 2.